The van der Waals surface area contributed by atoms with Crippen LogP contribution in [-0.2, 0) is 33.4 Å². The highest BCUT2D eigenvalue weighted by Gasteiger charge is 2.23. The second-order valence-corrected chi connectivity index (χ2v) is 7.14. The van der Waals surface area contributed by atoms with Crippen molar-refractivity contribution >= 4 is 29.5 Å². The number of hydrogen-bond acceptors (Lipinski definition) is 9. The van der Waals surface area contributed by atoms with E-state index in [1.165, 1.54) is 12.2 Å². The van der Waals surface area contributed by atoms with Gasteiger partial charge in [-0.25, -0.2) is 0 Å². The van der Waals surface area contributed by atoms with E-state index in [1.54, 1.807) is 0 Å². The molecular formula is C20H34N6O7. The predicted octanol–water partition coefficient (Wildman–Crippen LogP) is -2.90. The maximum Gasteiger partial charge on any atom is 0.253 e. The minimum absolute atomic E-state index is 0.0215. The summed E-state index contributed by atoms with van der Waals surface area (Å²) in [6, 6.07) is -0.467. The highest BCUT2D eigenvalue weighted by molar-refractivity contribution is 6.13. The molecule has 1 heterocycles. The van der Waals surface area contributed by atoms with Gasteiger partial charge >= 0.3 is 0 Å². The van der Waals surface area contributed by atoms with Crippen molar-refractivity contribution in [3.63, 3.8) is 0 Å². The summed E-state index contributed by atoms with van der Waals surface area (Å²) in [4.78, 5) is 58.3. The topological polar surface area (TPSA) is 195 Å². The molecule has 33 heavy (non-hydrogen) atoms. The van der Waals surface area contributed by atoms with Crippen molar-refractivity contribution in [3.8, 4) is 0 Å². The molecule has 0 aromatic carbocycles. The number of amides is 5. The molecule has 7 N–H and O–H groups in total. The average Bonchev–Trinajstić information content (AvgIpc) is 3.10. The zero-order valence-corrected chi connectivity index (χ0v) is 18.7. The van der Waals surface area contributed by atoms with E-state index in [1.807, 2.05) is 0 Å². The Morgan fingerprint density at radius 1 is 0.939 bits per heavy atom. The number of nitrogens with two attached hydrogens (primary N) is 2. The van der Waals surface area contributed by atoms with Gasteiger partial charge in [-0.05, 0) is 19.3 Å². The van der Waals surface area contributed by atoms with Crippen LogP contribution >= 0.6 is 0 Å². The van der Waals surface area contributed by atoms with Crippen LogP contribution in [0, 0.1) is 0 Å². The number of imide groups is 1. The lowest BCUT2D eigenvalue weighted by Crippen LogP contribution is -2.43. The fourth-order valence-corrected chi connectivity index (χ4v) is 2.84. The third kappa shape index (κ3) is 12.7. The molecule has 0 aliphatic carbocycles. The number of carbonyl (C=O) groups excluding carboxylic acids is 5. The summed E-state index contributed by atoms with van der Waals surface area (Å²) in [6.07, 6.45) is 4.31. The van der Waals surface area contributed by atoms with Crippen LogP contribution in [0.1, 0.15) is 25.7 Å². The molecule has 1 unspecified atom stereocenters. The second kappa shape index (κ2) is 16.7. The third-order valence-electron chi connectivity index (χ3n) is 4.59. The number of rotatable bonds is 19. The first-order chi connectivity index (χ1) is 15.8. The number of nitrogens with one attached hydrogen (secondary N) is 3. The smallest absolute Gasteiger partial charge is 0.253 e. The lowest BCUT2D eigenvalue weighted by atomic mass is 10.1. The molecule has 1 rings (SSSR count). The predicted molar refractivity (Wildman–Crippen MR) is 117 cm³/mol. The van der Waals surface area contributed by atoms with Gasteiger partial charge in [0.25, 0.3) is 11.8 Å². The van der Waals surface area contributed by atoms with E-state index in [0.717, 1.165) is 4.90 Å². The van der Waals surface area contributed by atoms with E-state index in [0.29, 0.717) is 25.8 Å². The summed E-state index contributed by atoms with van der Waals surface area (Å²) < 4.78 is 10.5. The van der Waals surface area contributed by atoms with Crippen molar-refractivity contribution in [1.82, 2.24) is 20.9 Å². The molecule has 0 bridgehead atoms. The van der Waals surface area contributed by atoms with E-state index >= 15 is 0 Å². The van der Waals surface area contributed by atoms with Crippen LogP contribution in [0.15, 0.2) is 12.2 Å². The van der Waals surface area contributed by atoms with Gasteiger partial charge in [0, 0.05) is 44.9 Å². The van der Waals surface area contributed by atoms with Gasteiger partial charge < -0.3 is 31.6 Å². The van der Waals surface area contributed by atoms with E-state index in [-0.39, 0.29) is 64.4 Å². The Bertz CT molecular complexity index is 682. The molecule has 0 fully saturated rings. The van der Waals surface area contributed by atoms with E-state index in [2.05, 4.69) is 16.0 Å². The lowest BCUT2D eigenvalue weighted by Gasteiger charge is -2.13. The van der Waals surface area contributed by atoms with Crippen LogP contribution in [0.3, 0.4) is 0 Å². The number of primary amides is 1. The van der Waals surface area contributed by atoms with Crippen molar-refractivity contribution in [2.75, 3.05) is 52.7 Å². The molecule has 5 amide bonds. The van der Waals surface area contributed by atoms with Crippen LogP contribution in [0.2, 0.25) is 0 Å². The standard InChI is InChI=1S/C20H34N6O7/c21-14-25-15(20(22)31)3-1-2-7-23-17(28)13-33-12-11-32-10-8-24-16(27)6-9-26-18(29)4-5-19(26)30/h4-5,15,25H,1-3,6-14,21H2,(H2,22,31)(H,23,28)(H,24,27). The van der Waals surface area contributed by atoms with Gasteiger partial charge in [0.15, 0.2) is 0 Å². The van der Waals surface area contributed by atoms with Crippen molar-refractivity contribution in [1.29, 1.82) is 0 Å². The Morgan fingerprint density at radius 3 is 2.27 bits per heavy atom. The van der Waals surface area contributed by atoms with Gasteiger partial charge in [-0.15, -0.1) is 0 Å². The number of unbranched alkanes of at least 4 members (excludes halogenated alkanes) is 1. The third-order valence-corrected chi connectivity index (χ3v) is 4.59. The molecule has 13 nitrogen and oxygen atoms in total. The molecule has 13 heteroatoms. The van der Waals surface area contributed by atoms with Gasteiger partial charge in [-0.3, -0.25) is 34.2 Å². The fourth-order valence-electron chi connectivity index (χ4n) is 2.84. The van der Waals surface area contributed by atoms with Gasteiger partial charge in [-0.1, -0.05) is 0 Å². The quantitative estimate of drug-likeness (QED) is 0.0747. The summed E-state index contributed by atoms with van der Waals surface area (Å²) >= 11 is 0. The maximum absolute atomic E-state index is 11.7. The molecule has 0 radical (unpaired) electrons. The Kier molecular flexibility index (Phi) is 14.3. The van der Waals surface area contributed by atoms with E-state index in [4.69, 9.17) is 20.9 Å². The Balaban J connectivity index is 1.91. The molecule has 1 aliphatic rings. The normalized spacial score (nSPS) is 13.9. The lowest BCUT2D eigenvalue weighted by molar-refractivity contribution is -0.137. The molecule has 0 saturated carbocycles. The monoisotopic (exact) mass is 470 g/mol. The summed E-state index contributed by atoms with van der Waals surface area (Å²) in [5, 5.41) is 8.14. The van der Waals surface area contributed by atoms with Crippen LogP contribution < -0.4 is 27.4 Å². The Labute approximate surface area is 192 Å². The molecule has 1 atom stereocenters. The fraction of sp³-hybridized carbons (Fsp3) is 0.650. The number of nitrogens with zero attached hydrogens (tertiary/aromatic N) is 1. The molecule has 186 valence electrons. The minimum atomic E-state index is -0.467. The van der Waals surface area contributed by atoms with Crippen molar-refractivity contribution in [3.05, 3.63) is 12.2 Å². The van der Waals surface area contributed by atoms with Crippen molar-refractivity contribution < 1.29 is 33.4 Å². The maximum atomic E-state index is 11.7. The molecule has 0 saturated heterocycles. The molecule has 1 aliphatic heterocycles. The Hall–Kier alpha value is -2.87. The number of ether oxygens (including phenoxy) is 2. The first-order valence-electron chi connectivity index (χ1n) is 10.8. The zero-order valence-electron chi connectivity index (χ0n) is 18.7. The van der Waals surface area contributed by atoms with Crippen LogP contribution in [0.25, 0.3) is 0 Å². The first-order valence-corrected chi connectivity index (χ1v) is 10.8. The summed E-state index contributed by atoms with van der Waals surface area (Å²) in [7, 11) is 0. The average molecular weight is 471 g/mol. The minimum Gasteiger partial charge on any atom is -0.377 e. The van der Waals surface area contributed by atoms with E-state index in [9.17, 15) is 24.0 Å². The molecule has 0 spiro atoms. The SMILES string of the molecule is NCNC(CCCCNC(=O)COCCOCCNC(=O)CCN1C(=O)C=CC1=O)C(N)=O. The summed E-state index contributed by atoms with van der Waals surface area (Å²) in [6.45, 7) is 1.58. The largest absolute Gasteiger partial charge is 0.377 e. The molecular weight excluding hydrogens is 436 g/mol. The van der Waals surface area contributed by atoms with E-state index < -0.39 is 23.8 Å². The highest BCUT2D eigenvalue weighted by atomic mass is 16.5. The van der Waals surface area contributed by atoms with Crippen LogP contribution in [0.5, 0.6) is 0 Å². The summed E-state index contributed by atoms with van der Waals surface area (Å²) in [5.74, 6) is -1.83. The summed E-state index contributed by atoms with van der Waals surface area (Å²) in [5.41, 5.74) is 10.6. The van der Waals surface area contributed by atoms with Crippen LogP contribution in [-0.4, -0.2) is 93.2 Å². The van der Waals surface area contributed by atoms with Gasteiger partial charge in [0.1, 0.15) is 6.61 Å². The van der Waals surface area contributed by atoms with Gasteiger partial charge in [0.05, 0.1) is 25.9 Å². The van der Waals surface area contributed by atoms with Crippen molar-refractivity contribution in [2.45, 2.75) is 31.7 Å². The number of carbonyl (C=O) groups is 5. The first kappa shape index (κ1) is 28.2. The second-order valence-electron chi connectivity index (χ2n) is 7.14. The van der Waals surface area contributed by atoms with Gasteiger partial charge in [0.2, 0.25) is 17.7 Å². The number of hydrogen-bond donors (Lipinski definition) is 5. The molecule has 0 aromatic heterocycles. The highest BCUT2D eigenvalue weighted by Crippen LogP contribution is 2.04. The van der Waals surface area contributed by atoms with Crippen LogP contribution in [0.4, 0.5) is 0 Å². The van der Waals surface area contributed by atoms with Gasteiger partial charge in [-0.2, -0.15) is 0 Å². The zero-order chi connectivity index (χ0) is 24.5. The molecule has 0 aromatic rings. The van der Waals surface area contributed by atoms with Crippen molar-refractivity contribution in [2.24, 2.45) is 11.5 Å². The Morgan fingerprint density at radius 2 is 1.61 bits per heavy atom.